The fourth-order valence-electron chi connectivity index (χ4n) is 1.63. The van der Waals surface area contributed by atoms with Gasteiger partial charge in [0.2, 0.25) is 10.0 Å². The Morgan fingerprint density at radius 1 is 1.69 bits per heavy atom. The minimum absolute atomic E-state index is 0.0203. The van der Waals surface area contributed by atoms with E-state index in [1.807, 2.05) is 6.92 Å². The van der Waals surface area contributed by atoms with Crippen molar-refractivity contribution in [3.8, 4) is 0 Å². The number of aliphatic hydroxyl groups is 1. The monoisotopic (exact) mass is 246 g/mol. The number of nitrogens with one attached hydrogen (secondary N) is 1. The zero-order valence-electron chi connectivity index (χ0n) is 8.84. The van der Waals surface area contributed by atoms with Gasteiger partial charge in [-0.25, -0.2) is 8.42 Å². The first-order valence-corrected chi connectivity index (χ1v) is 6.34. The van der Waals surface area contributed by atoms with Crippen LogP contribution in [-0.4, -0.2) is 46.7 Å². The molecule has 1 saturated heterocycles. The van der Waals surface area contributed by atoms with Crippen LogP contribution < -0.4 is 5.73 Å². The molecule has 0 saturated carbocycles. The lowest BCUT2D eigenvalue weighted by molar-refractivity contribution is -0.0613. The molecule has 16 heavy (non-hydrogen) atoms. The average molecular weight is 246 g/mol. The quantitative estimate of drug-likeness (QED) is 0.642. The summed E-state index contributed by atoms with van der Waals surface area (Å²) in [7, 11) is -3.62. The first-order chi connectivity index (χ1) is 7.39. The zero-order chi connectivity index (χ0) is 12.0. The molecule has 2 heterocycles. The van der Waals surface area contributed by atoms with Crippen LogP contribution in [0.2, 0.25) is 0 Å². The van der Waals surface area contributed by atoms with Gasteiger partial charge in [0.25, 0.3) is 0 Å². The van der Waals surface area contributed by atoms with E-state index in [9.17, 15) is 13.5 Å². The smallest absolute Gasteiger partial charge is 0.248 e. The molecule has 0 amide bonds. The number of sulfonamides is 1. The van der Waals surface area contributed by atoms with Crippen molar-refractivity contribution >= 4 is 15.8 Å². The first-order valence-electron chi connectivity index (χ1n) is 4.90. The summed E-state index contributed by atoms with van der Waals surface area (Å²) in [6.45, 7) is 2.03. The number of hydrogen-bond donors (Lipinski definition) is 3. The van der Waals surface area contributed by atoms with E-state index >= 15 is 0 Å². The Bertz CT molecular complexity index is 489. The number of nitrogen functional groups attached to an aromatic ring is 1. The molecule has 2 rings (SSSR count). The molecule has 0 atom stereocenters. The van der Waals surface area contributed by atoms with Gasteiger partial charge in [-0.2, -0.15) is 9.40 Å². The number of rotatable bonds is 3. The van der Waals surface area contributed by atoms with Crippen LogP contribution in [0.5, 0.6) is 0 Å². The summed E-state index contributed by atoms with van der Waals surface area (Å²) in [4.78, 5) is -0.0364. The highest BCUT2D eigenvalue weighted by Crippen LogP contribution is 2.31. The van der Waals surface area contributed by atoms with Crippen molar-refractivity contribution in [2.24, 2.45) is 0 Å². The topological polar surface area (TPSA) is 112 Å². The van der Waals surface area contributed by atoms with Gasteiger partial charge in [-0.15, -0.1) is 0 Å². The Labute approximate surface area is 93.3 Å². The Kier molecular flexibility index (Phi) is 2.44. The summed E-state index contributed by atoms with van der Waals surface area (Å²) < 4.78 is 25.1. The van der Waals surface area contributed by atoms with Gasteiger partial charge < -0.3 is 10.8 Å². The molecule has 0 spiro atoms. The largest absolute Gasteiger partial charge is 0.387 e. The third-order valence-electron chi connectivity index (χ3n) is 2.85. The fourth-order valence-corrected chi connectivity index (χ4v) is 3.24. The highest BCUT2D eigenvalue weighted by molar-refractivity contribution is 7.89. The molecule has 1 aliphatic rings. The maximum absolute atomic E-state index is 12.0. The van der Waals surface area contributed by atoms with Gasteiger partial charge in [-0.05, 0) is 6.42 Å². The predicted molar refractivity (Wildman–Crippen MR) is 57.0 cm³/mol. The number of anilines is 1. The summed E-state index contributed by atoms with van der Waals surface area (Å²) in [6.07, 6.45) is 1.70. The average Bonchev–Trinajstić information content (AvgIpc) is 2.60. The number of hydrogen-bond acceptors (Lipinski definition) is 5. The normalized spacial score (nSPS) is 20.6. The number of β-amino-alcohol motifs (C(OH)–C–C–N with tert-alkyl or cyclic N) is 1. The van der Waals surface area contributed by atoms with Crippen LogP contribution in [0, 0.1) is 0 Å². The van der Waals surface area contributed by atoms with Gasteiger partial charge in [0.15, 0.2) is 0 Å². The minimum atomic E-state index is -3.62. The van der Waals surface area contributed by atoms with E-state index in [1.165, 1.54) is 10.5 Å². The van der Waals surface area contributed by atoms with Crippen molar-refractivity contribution in [2.45, 2.75) is 23.8 Å². The predicted octanol–water partition coefficient (Wildman–Crippen LogP) is -0.863. The molecule has 1 aromatic rings. The third-order valence-corrected chi connectivity index (χ3v) is 4.67. The summed E-state index contributed by atoms with van der Waals surface area (Å²) >= 11 is 0. The lowest BCUT2D eigenvalue weighted by atomic mass is 9.94. The summed E-state index contributed by atoms with van der Waals surface area (Å²) in [5, 5.41) is 15.7. The Balaban J connectivity index is 2.21. The van der Waals surface area contributed by atoms with Crippen LogP contribution in [0.3, 0.4) is 0 Å². The van der Waals surface area contributed by atoms with E-state index in [0.29, 0.717) is 6.42 Å². The Morgan fingerprint density at radius 3 is 2.75 bits per heavy atom. The second-order valence-corrected chi connectivity index (χ2v) is 5.91. The standard InChI is InChI=1S/C8H14N4O3S/c1-2-8(13)4-12(5-8)16(14,15)6-3-10-11-7(6)9/h3,13H,2,4-5H2,1H3,(H3,9,10,11). The van der Waals surface area contributed by atoms with E-state index < -0.39 is 15.6 Å². The van der Waals surface area contributed by atoms with Crippen molar-refractivity contribution < 1.29 is 13.5 Å². The lowest BCUT2D eigenvalue weighted by Gasteiger charge is -2.44. The molecule has 0 aliphatic carbocycles. The van der Waals surface area contributed by atoms with Gasteiger partial charge in [0, 0.05) is 13.1 Å². The summed E-state index contributed by atoms with van der Waals surface area (Å²) in [5.74, 6) is 0.0203. The van der Waals surface area contributed by atoms with E-state index in [0.717, 1.165) is 0 Å². The number of nitrogens with zero attached hydrogens (tertiary/aromatic N) is 2. The third kappa shape index (κ3) is 1.58. The number of aromatic nitrogens is 2. The van der Waals surface area contributed by atoms with Crippen LogP contribution in [0.25, 0.3) is 0 Å². The summed E-state index contributed by atoms with van der Waals surface area (Å²) in [6, 6.07) is 0. The van der Waals surface area contributed by atoms with E-state index in [4.69, 9.17) is 5.73 Å². The van der Waals surface area contributed by atoms with E-state index in [1.54, 1.807) is 0 Å². The molecule has 1 aliphatic heterocycles. The van der Waals surface area contributed by atoms with Gasteiger partial charge in [-0.3, -0.25) is 5.10 Å². The highest BCUT2D eigenvalue weighted by Gasteiger charge is 2.46. The maximum Gasteiger partial charge on any atom is 0.248 e. The Hall–Kier alpha value is -1.12. The van der Waals surface area contributed by atoms with Crippen molar-refractivity contribution in [3.05, 3.63) is 6.20 Å². The van der Waals surface area contributed by atoms with Crippen molar-refractivity contribution in [2.75, 3.05) is 18.8 Å². The molecule has 8 heteroatoms. The maximum atomic E-state index is 12.0. The minimum Gasteiger partial charge on any atom is -0.387 e. The number of aromatic amines is 1. The molecule has 0 radical (unpaired) electrons. The molecule has 4 N–H and O–H groups in total. The van der Waals surface area contributed by atoms with Gasteiger partial charge in [-0.1, -0.05) is 6.92 Å². The highest BCUT2D eigenvalue weighted by atomic mass is 32.2. The van der Waals surface area contributed by atoms with Crippen molar-refractivity contribution in [1.29, 1.82) is 0 Å². The van der Waals surface area contributed by atoms with Crippen LogP contribution in [0.15, 0.2) is 11.1 Å². The Morgan fingerprint density at radius 2 is 2.31 bits per heavy atom. The molecule has 90 valence electrons. The SMILES string of the molecule is CCC1(O)CN(S(=O)(=O)c2cn[nH]c2N)C1. The summed E-state index contributed by atoms with van der Waals surface area (Å²) in [5.41, 5.74) is 4.56. The number of H-pyrrole nitrogens is 1. The van der Waals surface area contributed by atoms with Crippen LogP contribution >= 0.6 is 0 Å². The molecule has 1 fully saturated rings. The second kappa shape index (κ2) is 3.44. The molecule has 0 bridgehead atoms. The van der Waals surface area contributed by atoms with Gasteiger partial charge in [0.05, 0.1) is 11.8 Å². The van der Waals surface area contributed by atoms with Crippen molar-refractivity contribution in [3.63, 3.8) is 0 Å². The molecule has 1 aromatic heterocycles. The number of nitrogens with two attached hydrogens (primary N) is 1. The first kappa shape index (κ1) is 11.4. The van der Waals surface area contributed by atoms with E-state index in [-0.39, 0.29) is 23.8 Å². The molecule has 0 aromatic carbocycles. The second-order valence-electron chi connectivity index (χ2n) is 4.00. The molecular formula is C8H14N4O3S. The lowest BCUT2D eigenvalue weighted by Crippen LogP contribution is -2.62. The van der Waals surface area contributed by atoms with Crippen molar-refractivity contribution in [1.82, 2.24) is 14.5 Å². The zero-order valence-corrected chi connectivity index (χ0v) is 9.66. The van der Waals surface area contributed by atoms with Crippen LogP contribution in [0.4, 0.5) is 5.82 Å². The van der Waals surface area contributed by atoms with Gasteiger partial charge in [0.1, 0.15) is 10.7 Å². The molecule has 7 nitrogen and oxygen atoms in total. The van der Waals surface area contributed by atoms with E-state index in [2.05, 4.69) is 10.2 Å². The fraction of sp³-hybridized carbons (Fsp3) is 0.625. The van der Waals surface area contributed by atoms with Crippen LogP contribution in [0.1, 0.15) is 13.3 Å². The van der Waals surface area contributed by atoms with Gasteiger partial charge >= 0.3 is 0 Å². The van der Waals surface area contributed by atoms with Crippen LogP contribution in [-0.2, 0) is 10.0 Å². The molecule has 0 unspecified atom stereocenters. The molecular weight excluding hydrogens is 232 g/mol.